The van der Waals surface area contributed by atoms with Gasteiger partial charge in [0.15, 0.2) is 6.17 Å². The van der Waals surface area contributed by atoms with Crippen LogP contribution in [0.25, 0.3) is 11.1 Å². The molecule has 6 rings (SSSR count). The van der Waals surface area contributed by atoms with Crippen molar-refractivity contribution in [2.75, 3.05) is 0 Å². The van der Waals surface area contributed by atoms with E-state index in [-0.39, 0.29) is 23.7 Å². The van der Waals surface area contributed by atoms with Crippen LogP contribution in [0.3, 0.4) is 0 Å². The minimum Gasteiger partial charge on any atom is -0.488 e. The molecular weight excluding hydrogens is 426 g/mol. The molecule has 2 N–H and O–H groups in total. The molecule has 4 heterocycles. The lowest BCUT2D eigenvalue weighted by molar-refractivity contribution is -0.120. The summed E-state index contributed by atoms with van der Waals surface area (Å²) in [5, 5.41) is 15.4. The average Bonchev–Trinajstić information content (AvgIpc) is 3.50. The Balaban J connectivity index is 1.52. The zero-order chi connectivity index (χ0) is 23.5. The first-order valence-electron chi connectivity index (χ1n) is 12.1. The number of benzene rings is 1. The summed E-state index contributed by atoms with van der Waals surface area (Å²) in [6.45, 7) is 6.24. The van der Waals surface area contributed by atoms with Crippen molar-refractivity contribution in [1.82, 2.24) is 15.6 Å². The molecule has 2 aromatic rings. The van der Waals surface area contributed by atoms with E-state index in [4.69, 9.17) is 4.74 Å². The van der Waals surface area contributed by atoms with Crippen molar-refractivity contribution in [2.45, 2.75) is 69.7 Å². The van der Waals surface area contributed by atoms with E-state index in [9.17, 15) is 4.79 Å². The second-order valence-electron chi connectivity index (χ2n) is 10.3. The van der Waals surface area contributed by atoms with Gasteiger partial charge in [0.25, 0.3) is 5.91 Å². The zero-order valence-corrected chi connectivity index (χ0v) is 19.8. The highest BCUT2D eigenvalue weighted by atomic mass is 16.5. The number of nitrogens with zero attached hydrogens (tertiary/aromatic N) is 3. The van der Waals surface area contributed by atoms with Gasteiger partial charge in [0, 0.05) is 35.0 Å². The fourth-order valence-corrected chi connectivity index (χ4v) is 5.64. The lowest BCUT2D eigenvalue weighted by Crippen LogP contribution is -2.58. The molecule has 174 valence electrons. The van der Waals surface area contributed by atoms with Gasteiger partial charge in [-0.25, -0.2) is 0 Å². The van der Waals surface area contributed by atoms with Gasteiger partial charge in [-0.3, -0.25) is 9.78 Å². The second-order valence-corrected chi connectivity index (χ2v) is 10.3. The molecule has 1 aromatic heterocycles. The first-order chi connectivity index (χ1) is 16.4. The number of fused-ring (bicyclic) bond motifs is 1. The Labute approximate surface area is 199 Å². The third kappa shape index (κ3) is 3.25. The Morgan fingerprint density at radius 1 is 1.21 bits per heavy atom. The summed E-state index contributed by atoms with van der Waals surface area (Å²) in [6, 6.07) is 10.5. The van der Waals surface area contributed by atoms with E-state index >= 15 is 0 Å². The number of hydrogen-bond acceptors (Lipinski definition) is 6. The maximum atomic E-state index is 13.6. The Hall–Kier alpha value is -3.48. The fourth-order valence-electron chi connectivity index (χ4n) is 5.64. The normalized spacial score (nSPS) is 26.9. The SMILES string of the molecule is CC[C@@]1(c2cccc(-c3ccncc3OC3CC3)c2)C2=CN=NC2NC2=C1C(=O)NC(C)(C)C2. The van der Waals surface area contributed by atoms with Crippen molar-refractivity contribution in [3.63, 3.8) is 0 Å². The summed E-state index contributed by atoms with van der Waals surface area (Å²) in [5.74, 6) is 0.775. The van der Waals surface area contributed by atoms with Gasteiger partial charge in [0.2, 0.25) is 0 Å². The van der Waals surface area contributed by atoms with Crippen LogP contribution in [-0.4, -0.2) is 28.7 Å². The molecule has 1 fully saturated rings. The lowest BCUT2D eigenvalue weighted by Gasteiger charge is -2.48. The third-order valence-corrected chi connectivity index (χ3v) is 7.30. The molecule has 0 spiro atoms. The number of nitrogens with one attached hydrogen (secondary N) is 2. The van der Waals surface area contributed by atoms with Gasteiger partial charge in [0.05, 0.1) is 29.5 Å². The number of aromatic nitrogens is 1. The fraction of sp³-hybridized carbons (Fsp3) is 0.407. The molecule has 3 aliphatic heterocycles. The van der Waals surface area contributed by atoms with Gasteiger partial charge >= 0.3 is 0 Å². The number of rotatable bonds is 5. The quantitative estimate of drug-likeness (QED) is 0.680. The zero-order valence-electron chi connectivity index (χ0n) is 19.8. The number of carbonyl (C=O) groups excluding carboxylic acids is 1. The molecule has 1 unspecified atom stereocenters. The molecule has 1 saturated carbocycles. The first-order valence-corrected chi connectivity index (χ1v) is 12.1. The molecule has 2 atom stereocenters. The summed E-state index contributed by atoms with van der Waals surface area (Å²) in [5.41, 5.74) is 4.95. The number of azo groups is 1. The summed E-state index contributed by atoms with van der Waals surface area (Å²) in [7, 11) is 0. The maximum absolute atomic E-state index is 13.6. The van der Waals surface area contributed by atoms with Crippen molar-refractivity contribution in [3.8, 4) is 16.9 Å². The minimum atomic E-state index is -0.615. The van der Waals surface area contributed by atoms with Crippen LogP contribution in [0.15, 0.2) is 76.0 Å². The molecular formula is C27H29N5O2. The molecule has 7 heteroatoms. The Kier molecular flexibility index (Phi) is 4.66. The third-order valence-electron chi connectivity index (χ3n) is 7.30. The summed E-state index contributed by atoms with van der Waals surface area (Å²) < 4.78 is 6.16. The number of pyridine rings is 1. The van der Waals surface area contributed by atoms with Crippen molar-refractivity contribution in [2.24, 2.45) is 10.2 Å². The van der Waals surface area contributed by atoms with Crippen molar-refractivity contribution < 1.29 is 9.53 Å². The number of amides is 1. The van der Waals surface area contributed by atoms with Gasteiger partial charge in [-0.2, -0.15) is 10.2 Å². The van der Waals surface area contributed by atoms with E-state index in [0.29, 0.717) is 0 Å². The van der Waals surface area contributed by atoms with Crippen LogP contribution < -0.4 is 15.4 Å². The van der Waals surface area contributed by atoms with E-state index in [1.165, 1.54) is 0 Å². The smallest absolute Gasteiger partial charge is 0.250 e. The lowest BCUT2D eigenvalue weighted by atomic mass is 9.62. The minimum absolute atomic E-state index is 0.0288. The van der Waals surface area contributed by atoms with Crippen LogP contribution in [-0.2, 0) is 10.2 Å². The van der Waals surface area contributed by atoms with Crippen molar-refractivity contribution >= 4 is 5.91 Å². The van der Waals surface area contributed by atoms with Crippen molar-refractivity contribution in [1.29, 1.82) is 0 Å². The number of hydrogen-bond donors (Lipinski definition) is 2. The topological polar surface area (TPSA) is 88.0 Å². The van der Waals surface area contributed by atoms with Gasteiger partial charge in [-0.1, -0.05) is 25.1 Å². The van der Waals surface area contributed by atoms with Gasteiger partial charge in [-0.15, -0.1) is 0 Å². The summed E-state index contributed by atoms with van der Waals surface area (Å²) in [6.07, 6.45) is 9.08. The molecule has 0 bridgehead atoms. The van der Waals surface area contributed by atoms with Gasteiger partial charge in [-0.05, 0) is 56.4 Å². The van der Waals surface area contributed by atoms with E-state index in [1.807, 2.05) is 12.3 Å². The van der Waals surface area contributed by atoms with Crippen molar-refractivity contribution in [3.05, 3.63) is 71.3 Å². The van der Waals surface area contributed by atoms with Crippen LogP contribution in [0.2, 0.25) is 0 Å². The van der Waals surface area contributed by atoms with Crippen LogP contribution in [0.1, 0.15) is 52.0 Å². The van der Waals surface area contributed by atoms with Crippen LogP contribution >= 0.6 is 0 Å². The Morgan fingerprint density at radius 2 is 2.06 bits per heavy atom. The molecule has 0 radical (unpaired) electrons. The Bertz CT molecular complexity index is 1270. The number of carbonyl (C=O) groups is 1. The standard InChI is InChI=1S/C27H29N5O2/c1-4-27(20-14-29-32-24(20)30-21-13-26(2,3)31-25(33)23(21)27)17-7-5-6-16(12-17)19-10-11-28-15-22(19)34-18-8-9-18/h5-7,10-12,14-15,18,24,30H,4,8-9,13H2,1-3H3,(H,31,33)/t24?,27-/m1/s1. The van der Waals surface area contributed by atoms with E-state index in [2.05, 4.69) is 70.9 Å². The average molecular weight is 456 g/mol. The largest absolute Gasteiger partial charge is 0.488 e. The first kappa shape index (κ1) is 21.1. The van der Waals surface area contributed by atoms with Crippen LogP contribution in [0.5, 0.6) is 5.75 Å². The van der Waals surface area contributed by atoms with Gasteiger partial charge < -0.3 is 15.4 Å². The van der Waals surface area contributed by atoms with Crippen LogP contribution in [0.4, 0.5) is 0 Å². The monoisotopic (exact) mass is 455 g/mol. The highest BCUT2D eigenvalue weighted by molar-refractivity contribution is 6.00. The highest BCUT2D eigenvalue weighted by Gasteiger charge is 2.53. The Morgan fingerprint density at radius 3 is 2.85 bits per heavy atom. The predicted molar refractivity (Wildman–Crippen MR) is 129 cm³/mol. The molecule has 0 saturated heterocycles. The molecule has 1 aromatic carbocycles. The molecule has 1 aliphatic carbocycles. The van der Waals surface area contributed by atoms with Crippen LogP contribution in [0, 0.1) is 0 Å². The van der Waals surface area contributed by atoms with E-state index in [1.54, 1.807) is 12.4 Å². The summed E-state index contributed by atoms with van der Waals surface area (Å²) >= 11 is 0. The van der Waals surface area contributed by atoms with E-state index in [0.717, 1.165) is 65.0 Å². The molecule has 7 nitrogen and oxygen atoms in total. The highest BCUT2D eigenvalue weighted by Crippen LogP contribution is 2.51. The second kappa shape index (κ2) is 7.52. The molecule has 34 heavy (non-hydrogen) atoms. The molecule has 4 aliphatic rings. The number of ether oxygens (including phenoxy) is 1. The summed E-state index contributed by atoms with van der Waals surface area (Å²) in [4.78, 5) is 17.9. The van der Waals surface area contributed by atoms with E-state index < -0.39 is 5.41 Å². The van der Waals surface area contributed by atoms with Gasteiger partial charge in [0.1, 0.15) is 5.75 Å². The predicted octanol–water partition coefficient (Wildman–Crippen LogP) is 4.77. The maximum Gasteiger partial charge on any atom is 0.250 e. The molecule has 1 amide bonds.